The molecule has 0 radical (unpaired) electrons. The van der Waals surface area contributed by atoms with Crippen LogP contribution in [0.15, 0.2) is 41.4 Å². The molecule has 0 unspecified atom stereocenters. The molecule has 0 spiro atoms. The smallest absolute Gasteiger partial charge is 0.406 e. The van der Waals surface area contributed by atoms with Crippen LogP contribution in [0.25, 0.3) is 0 Å². The van der Waals surface area contributed by atoms with E-state index < -0.39 is 34.0 Å². The fourth-order valence-corrected chi connectivity index (χ4v) is 2.86. The van der Waals surface area contributed by atoms with E-state index >= 15 is 0 Å². The summed E-state index contributed by atoms with van der Waals surface area (Å²) < 4.78 is 104. The van der Waals surface area contributed by atoms with E-state index in [9.17, 15) is 34.8 Å². The van der Waals surface area contributed by atoms with Crippen molar-refractivity contribution in [3.8, 4) is 5.75 Å². The summed E-state index contributed by atoms with van der Waals surface area (Å²) in [6.45, 7) is -0.452. The van der Waals surface area contributed by atoms with E-state index in [4.69, 9.17) is 0 Å². The number of alkyl halides is 6. The van der Waals surface area contributed by atoms with Crippen molar-refractivity contribution in [3.63, 3.8) is 0 Å². The number of hydrogen-bond acceptors (Lipinski definition) is 4. The lowest BCUT2D eigenvalue weighted by Crippen LogP contribution is -2.27. The minimum atomic E-state index is -4.91. The highest BCUT2D eigenvalue weighted by Crippen LogP contribution is 2.27. The predicted octanol–water partition coefficient (Wildman–Crippen LogP) is 2.78. The van der Waals surface area contributed by atoms with Gasteiger partial charge in [-0.15, -0.1) is 13.2 Å². The number of hydrogen-bond donors (Lipinski definition) is 1. The molecule has 0 amide bonds. The van der Waals surface area contributed by atoms with E-state index in [0.29, 0.717) is 0 Å². The highest BCUT2D eigenvalue weighted by atomic mass is 32.2. The Hall–Kier alpha value is -2.28. The van der Waals surface area contributed by atoms with Crippen LogP contribution in [0.5, 0.6) is 5.75 Å². The molecule has 0 aliphatic carbocycles. The number of ether oxygens (including phenoxy) is 1. The van der Waals surface area contributed by atoms with Gasteiger partial charge in [-0.25, -0.2) is 13.1 Å². The molecule has 0 aliphatic heterocycles. The van der Waals surface area contributed by atoms with Crippen LogP contribution >= 0.6 is 0 Å². The van der Waals surface area contributed by atoms with Crippen LogP contribution in [0.1, 0.15) is 5.69 Å². The van der Waals surface area contributed by atoms with E-state index in [1.165, 1.54) is 0 Å². The maximum absolute atomic E-state index is 12.4. The number of nitrogens with zero attached hydrogens (tertiary/aromatic N) is 2. The zero-order valence-corrected chi connectivity index (χ0v) is 13.5. The van der Waals surface area contributed by atoms with Gasteiger partial charge < -0.3 is 4.74 Å². The van der Waals surface area contributed by atoms with Crippen molar-refractivity contribution in [2.24, 2.45) is 0 Å². The van der Waals surface area contributed by atoms with E-state index in [0.717, 1.165) is 41.2 Å². The van der Waals surface area contributed by atoms with Crippen molar-refractivity contribution >= 4 is 10.0 Å². The van der Waals surface area contributed by atoms with Gasteiger partial charge in [0.2, 0.25) is 10.0 Å². The Balaban J connectivity index is 1.95. The number of nitrogens with one attached hydrogen (secondary N) is 1. The first-order valence-corrected chi connectivity index (χ1v) is 8.31. The largest absolute Gasteiger partial charge is 0.573 e. The summed E-state index contributed by atoms with van der Waals surface area (Å²) in [4.78, 5) is -0.330. The Morgan fingerprint density at radius 3 is 2.15 bits per heavy atom. The third-order valence-electron chi connectivity index (χ3n) is 2.93. The topological polar surface area (TPSA) is 73.2 Å². The third kappa shape index (κ3) is 5.62. The van der Waals surface area contributed by atoms with Gasteiger partial charge in [-0.05, 0) is 30.3 Å². The lowest BCUT2D eigenvalue weighted by atomic mass is 10.3. The lowest BCUT2D eigenvalue weighted by Gasteiger charge is -2.10. The van der Waals surface area contributed by atoms with Gasteiger partial charge in [0.05, 0.1) is 11.4 Å². The zero-order chi connectivity index (χ0) is 19.6. The van der Waals surface area contributed by atoms with Crippen LogP contribution in [-0.4, -0.2) is 31.1 Å². The molecule has 2 aromatic rings. The Morgan fingerprint density at radius 1 is 1.04 bits per heavy atom. The highest BCUT2D eigenvalue weighted by Gasteiger charge is 2.33. The molecule has 0 atom stereocenters. The number of halogens is 6. The summed E-state index contributed by atoms with van der Waals surface area (Å²) in [6, 6.07) is 4.20. The van der Waals surface area contributed by atoms with Crippen molar-refractivity contribution < 1.29 is 39.5 Å². The number of benzene rings is 1. The van der Waals surface area contributed by atoms with Crippen molar-refractivity contribution in [1.82, 2.24) is 14.5 Å². The molecule has 2 rings (SSSR count). The van der Waals surface area contributed by atoms with Gasteiger partial charge in [-0.1, -0.05) is 0 Å². The summed E-state index contributed by atoms with van der Waals surface area (Å²) in [5.41, 5.74) is -1.11. The van der Waals surface area contributed by atoms with Gasteiger partial charge in [0.25, 0.3) is 0 Å². The van der Waals surface area contributed by atoms with E-state index in [1.807, 2.05) is 0 Å². The summed E-state index contributed by atoms with van der Waals surface area (Å²) in [5, 5.41) is 3.25. The van der Waals surface area contributed by atoms with Gasteiger partial charge in [-0.2, -0.15) is 18.3 Å². The van der Waals surface area contributed by atoms with Crippen LogP contribution in [0.4, 0.5) is 26.3 Å². The Bertz CT molecular complexity index is 843. The second-order valence-electron chi connectivity index (χ2n) is 4.88. The van der Waals surface area contributed by atoms with Crippen LogP contribution in [0, 0.1) is 0 Å². The monoisotopic (exact) mass is 403 g/mol. The van der Waals surface area contributed by atoms with Crippen molar-refractivity contribution in [1.29, 1.82) is 0 Å². The molecular formula is C13H11F6N3O3S. The molecule has 144 valence electrons. The standard InChI is InChI=1S/C13H11F6N3O3S/c14-12(15,16)11-5-7-22(21-11)8-6-20-26(23,24)10-3-1-9(2-4-10)25-13(17,18)19/h1-5,7,20H,6,8H2. The fraction of sp³-hybridized carbons (Fsp3) is 0.308. The lowest BCUT2D eigenvalue weighted by molar-refractivity contribution is -0.274. The van der Waals surface area contributed by atoms with Crippen LogP contribution < -0.4 is 9.46 Å². The molecule has 1 N–H and O–H groups in total. The Morgan fingerprint density at radius 2 is 1.65 bits per heavy atom. The molecule has 13 heteroatoms. The van der Waals surface area contributed by atoms with Crippen LogP contribution in [-0.2, 0) is 22.7 Å². The molecule has 0 saturated carbocycles. The van der Waals surface area contributed by atoms with Gasteiger partial charge in [0.1, 0.15) is 5.75 Å². The number of aromatic nitrogens is 2. The highest BCUT2D eigenvalue weighted by molar-refractivity contribution is 7.89. The van der Waals surface area contributed by atoms with E-state index in [2.05, 4.69) is 14.6 Å². The number of rotatable bonds is 6. The molecule has 1 heterocycles. The van der Waals surface area contributed by atoms with Crippen molar-refractivity contribution in [3.05, 3.63) is 42.2 Å². The Labute approximate surface area is 143 Å². The SMILES string of the molecule is O=S(=O)(NCCn1ccc(C(F)(F)F)n1)c1ccc(OC(F)(F)F)cc1. The molecule has 6 nitrogen and oxygen atoms in total. The molecule has 1 aromatic carbocycles. The first-order valence-electron chi connectivity index (χ1n) is 6.83. The quantitative estimate of drug-likeness (QED) is 0.753. The van der Waals surface area contributed by atoms with Gasteiger partial charge in [0.15, 0.2) is 5.69 Å². The Kier molecular flexibility index (Phi) is 5.51. The summed E-state index contributed by atoms with van der Waals surface area (Å²) >= 11 is 0. The first kappa shape index (κ1) is 20.0. The minimum Gasteiger partial charge on any atom is -0.406 e. The third-order valence-corrected chi connectivity index (χ3v) is 4.41. The van der Waals surface area contributed by atoms with E-state index in [1.54, 1.807) is 0 Å². The first-order chi connectivity index (χ1) is 11.9. The predicted molar refractivity (Wildman–Crippen MR) is 75.5 cm³/mol. The van der Waals surface area contributed by atoms with Crippen LogP contribution in [0.3, 0.4) is 0 Å². The second-order valence-corrected chi connectivity index (χ2v) is 6.65. The molecule has 26 heavy (non-hydrogen) atoms. The fourth-order valence-electron chi connectivity index (χ4n) is 1.84. The normalized spacial score (nSPS) is 13.0. The molecular weight excluding hydrogens is 392 g/mol. The summed E-state index contributed by atoms with van der Waals surface area (Å²) in [5.74, 6) is -0.590. The average molecular weight is 403 g/mol. The maximum Gasteiger partial charge on any atom is 0.573 e. The number of sulfonamides is 1. The summed E-state index contributed by atoms with van der Waals surface area (Å²) in [6.07, 6.45) is -8.47. The molecule has 1 aromatic heterocycles. The van der Waals surface area contributed by atoms with Gasteiger partial charge in [-0.3, -0.25) is 4.68 Å². The summed E-state index contributed by atoms with van der Waals surface area (Å²) in [7, 11) is -4.06. The second kappa shape index (κ2) is 7.15. The molecule has 0 bridgehead atoms. The van der Waals surface area contributed by atoms with Crippen molar-refractivity contribution in [2.75, 3.05) is 6.54 Å². The van der Waals surface area contributed by atoms with Gasteiger partial charge in [0, 0.05) is 12.7 Å². The molecule has 0 fully saturated rings. The average Bonchev–Trinajstić information content (AvgIpc) is 2.95. The zero-order valence-electron chi connectivity index (χ0n) is 12.7. The van der Waals surface area contributed by atoms with Crippen molar-refractivity contribution in [2.45, 2.75) is 24.0 Å². The maximum atomic E-state index is 12.4. The van der Waals surface area contributed by atoms with Gasteiger partial charge >= 0.3 is 12.5 Å². The van der Waals surface area contributed by atoms with E-state index in [-0.39, 0.29) is 18.0 Å². The minimum absolute atomic E-state index is 0.176. The van der Waals surface area contributed by atoms with Crippen LogP contribution in [0.2, 0.25) is 0 Å². The molecule has 0 saturated heterocycles. The molecule has 0 aliphatic rings.